The Labute approximate surface area is 140 Å². The van der Waals surface area contributed by atoms with Gasteiger partial charge in [-0.1, -0.05) is 30.3 Å². The highest BCUT2D eigenvalue weighted by Gasteiger charge is 2.09. The van der Waals surface area contributed by atoms with Crippen LogP contribution in [0, 0.1) is 0 Å². The van der Waals surface area contributed by atoms with Crippen molar-refractivity contribution in [2.45, 2.75) is 13.0 Å². The first kappa shape index (κ1) is 15.9. The number of benzene rings is 1. The minimum atomic E-state index is -0.624. The maximum absolute atomic E-state index is 12.0. The number of nitrogens with one attached hydrogen (secondary N) is 2. The van der Waals surface area contributed by atoms with Crippen LogP contribution < -0.4 is 16.6 Å². The molecule has 0 saturated heterocycles. The van der Waals surface area contributed by atoms with Gasteiger partial charge in [0, 0.05) is 29.8 Å². The zero-order chi connectivity index (χ0) is 16.9. The average Bonchev–Trinajstić information content (AvgIpc) is 2.98. The largest absolute Gasteiger partial charge is 0.328 e. The van der Waals surface area contributed by atoms with E-state index < -0.39 is 11.2 Å². The van der Waals surface area contributed by atoms with Gasteiger partial charge in [-0.15, -0.1) is 11.3 Å². The Hall–Kier alpha value is -3.00. The molecule has 2 heterocycles. The van der Waals surface area contributed by atoms with Crippen LogP contribution in [0.5, 0.6) is 0 Å². The number of carbonyl (C=O) groups is 1. The molecule has 2 N–H and O–H groups in total. The third-order valence-electron chi connectivity index (χ3n) is 3.23. The van der Waals surface area contributed by atoms with Crippen molar-refractivity contribution in [3.63, 3.8) is 0 Å². The summed E-state index contributed by atoms with van der Waals surface area (Å²) < 4.78 is 1.12. The number of aromatic amines is 1. The molecule has 1 aromatic carbocycles. The Bertz CT molecular complexity index is 959. The number of aromatic nitrogens is 3. The molecule has 0 bridgehead atoms. The third kappa shape index (κ3) is 4.05. The highest BCUT2D eigenvalue weighted by atomic mass is 32.1. The number of thiazole rings is 1. The highest BCUT2D eigenvalue weighted by Crippen LogP contribution is 2.21. The van der Waals surface area contributed by atoms with Crippen molar-refractivity contribution in [3.05, 3.63) is 80.1 Å². The smallest absolute Gasteiger partial charge is 0.300 e. The second kappa shape index (κ2) is 7.05. The van der Waals surface area contributed by atoms with Gasteiger partial charge in [0.2, 0.25) is 5.91 Å². The molecular weight excluding hydrogens is 328 g/mol. The van der Waals surface area contributed by atoms with Gasteiger partial charge in [0.05, 0.1) is 0 Å². The number of nitrogens with zero attached hydrogens (tertiary/aromatic N) is 2. The molecule has 3 aromatic rings. The number of amides is 1. The Morgan fingerprint density at radius 3 is 2.75 bits per heavy atom. The van der Waals surface area contributed by atoms with Crippen LogP contribution in [0.2, 0.25) is 0 Å². The number of rotatable bonds is 5. The lowest BCUT2D eigenvalue weighted by atomic mass is 10.1. The van der Waals surface area contributed by atoms with Crippen LogP contribution >= 0.6 is 11.3 Å². The van der Waals surface area contributed by atoms with Crippen LogP contribution in [0.4, 0.5) is 5.13 Å². The summed E-state index contributed by atoms with van der Waals surface area (Å²) in [5.74, 6) is -0.384. The van der Waals surface area contributed by atoms with Gasteiger partial charge in [-0.3, -0.25) is 19.1 Å². The summed E-state index contributed by atoms with van der Waals surface area (Å²) in [6.07, 6.45) is 3.75. The van der Waals surface area contributed by atoms with Crippen LogP contribution in [0.3, 0.4) is 0 Å². The Balaban J connectivity index is 1.63. The monoisotopic (exact) mass is 342 g/mol. The molecule has 7 nitrogen and oxygen atoms in total. The molecule has 122 valence electrons. The molecule has 0 radical (unpaired) electrons. The van der Waals surface area contributed by atoms with Gasteiger partial charge in [-0.2, -0.15) is 0 Å². The molecule has 0 atom stereocenters. The van der Waals surface area contributed by atoms with Crippen molar-refractivity contribution in [2.24, 2.45) is 0 Å². The molecule has 0 aliphatic heterocycles. The maximum atomic E-state index is 12.0. The molecule has 0 spiro atoms. The van der Waals surface area contributed by atoms with Gasteiger partial charge in [0.1, 0.15) is 6.54 Å². The lowest BCUT2D eigenvalue weighted by molar-refractivity contribution is -0.116. The van der Waals surface area contributed by atoms with Gasteiger partial charge < -0.3 is 5.32 Å². The van der Waals surface area contributed by atoms with Crippen LogP contribution in [0.1, 0.15) is 10.4 Å². The predicted octanol–water partition coefficient (Wildman–Crippen LogP) is 1.22. The Kier molecular flexibility index (Phi) is 4.66. The van der Waals surface area contributed by atoms with Crippen LogP contribution in [-0.2, 0) is 17.8 Å². The van der Waals surface area contributed by atoms with E-state index in [1.807, 2.05) is 30.3 Å². The van der Waals surface area contributed by atoms with E-state index in [9.17, 15) is 14.4 Å². The van der Waals surface area contributed by atoms with Gasteiger partial charge in [0.15, 0.2) is 5.13 Å². The molecule has 2 aromatic heterocycles. The first-order chi connectivity index (χ1) is 11.6. The maximum Gasteiger partial charge on any atom is 0.328 e. The van der Waals surface area contributed by atoms with Gasteiger partial charge in [-0.05, 0) is 5.56 Å². The van der Waals surface area contributed by atoms with E-state index in [1.54, 1.807) is 6.20 Å². The zero-order valence-corrected chi connectivity index (χ0v) is 13.4. The first-order valence-electron chi connectivity index (χ1n) is 7.18. The van der Waals surface area contributed by atoms with Crippen molar-refractivity contribution in [1.82, 2.24) is 14.5 Å². The van der Waals surface area contributed by atoms with Crippen molar-refractivity contribution < 1.29 is 4.79 Å². The fourth-order valence-corrected chi connectivity index (χ4v) is 2.99. The van der Waals surface area contributed by atoms with Gasteiger partial charge in [-0.25, -0.2) is 9.78 Å². The van der Waals surface area contributed by atoms with E-state index in [0.717, 1.165) is 15.9 Å². The lowest BCUT2D eigenvalue weighted by Crippen LogP contribution is -2.32. The molecule has 0 saturated carbocycles. The van der Waals surface area contributed by atoms with Crippen molar-refractivity contribution in [1.29, 1.82) is 0 Å². The minimum Gasteiger partial charge on any atom is -0.300 e. The fourth-order valence-electron chi connectivity index (χ4n) is 2.13. The van der Waals surface area contributed by atoms with Crippen LogP contribution in [0.25, 0.3) is 0 Å². The van der Waals surface area contributed by atoms with Gasteiger partial charge >= 0.3 is 5.69 Å². The highest BCUT2D eigenvalue weighted by molar-refractivity contribution is 7.15. The zero-order valence-electron chi connectivity index (χ0n) is 12.6. The van der Waals surface area contributed by atoms with E-state index in [1.165, 1.54) is 29.2 Å². The Morgan fingerprint density at radius 1 is 1.21 bits per heavy atom. The summed E-state index contributed by atoms with van der Waals surface area (Å²) >= 11 is 1.38. The summed E-state index contributed by atoms with van der Waals surface area (Å²) in [7, 11) is 0. The normalized spacial score (nSPS) is 10.5. The molecule has 0 fully saturated rings. The number of hydrogen-bond acceptors (Lipinski definition) is 5. The summed E-state index contributed by atoms with van der Waals surface area (Å²) in [5, 5.41) is 3.13. The SMILES string of the molecule is O=C(Cn1ccc(=O)[nH]c1=O)Nc1ncc(Cc2ccccc2)s1. The molecule has 0 aliphatic rings. The molecule has 24 heavy (non-hydrogen) atoms. The minimum absolute atomic E-state index is 0.191. The third-order valence-corrected chi connectivity index (χ3v) is 4.14. The summed E-state index contributed by atoms with van der Waals surface area (Å²) in [4.78, 5) is 41.8. The van der Waals surface area contributed by atoms with Crippen LogP contribution in [0.15, 0.2) is 58.4 Å². The first-order valence-corrected chi connectivity index (χ1v) is 8.00. The molecule has 1 amide bonds. The second-order valence-electron chi connectivity index (χ2n) is 5.08. The molecular formula is C16H14N4O3S. The quantitative estimate of drug-likeness (QED) is 0.729. The van der Waals surface area contributed by atoms with E-state index >= 15 is 0 Å². The number of carbonyl (C=O) groups excluding carboxylic acids is 1. The standard InChI is InChI=1S/C16H14N4O3S/c21-13-6-7-20(16(23)19-13)10-14(22)18-15-17-9-12(24-15)8-11-4-2-1-3-5-11/h1-7,9H,8,10H2,(H,17,18,22)(H,19,21,23). The van der Waals surface area contributed by atoms with E-state index in [0.29, 0.717) is 5.13 Å². The van der Waals surface area contributed by atoms with Crippen molar-refractivity contribution >= 4 is 22.4 Å². The average molecular weight is 342 g/mol. The fraction of sp³-hybridized carbons (Fsp3) is 0.125. The number of anilines is 1. The second-order valence-corrected chi connectivity index (χ2v) is 6.20. The molecule has 0 aliphatic carbocycles. The topological polar surface area (TPSA) is 96.9 Å². The van der Waals surface area contributed by atoms with Gasteiger partial charge in [0.25, 0.3) is 5.56 Å². The number of hydrogen-bond donors (Lipinski definition) is 2. The predicted molar refractivity (Wildman–Crippen MR) is 91.3 cm³/mol. The summed E-state index contributed by atoms with van der Waals surface area (Å²) in [6, 6.07) is 11.2. The van der Waals surface area contributed by atoms with Crippen LogP contribution in [-0.4, -0.2) is 20.4 Å². The summed E-state index contributed by atoms with van der Waals surface area (Å²) in [5.41, 5.74) is 0.0440. The molecule has 3 rings (SSSR count). The Morgan fingerprint density at radius 2 is 2.00 bits per heavy atom. The lowest BCUT2D eigenvalue weighted by Gasteiger charge is -2.04. The van der Waals surface area contributed by atoms with Crippen molar-refractivity contribution in [3.8, 4) is 0 Å². The number of H-pyrrole nitrogens is 1. The molecule has 0 unspecified atom stereocenters. The van der Waals surface area contributed by atoms with E-state index in [-0.39, 0.29) is 12.5 Å². The van der Waals surface area contributed by atoms with Crippen molar-refractivity contribution in [2.75, 3.05) is 5.32 Å². The van der Waals surface area contributed by atoms with E-state index in [2.05, 4.69) is 15.3 Å². The molecule has 8 heteroatoms. The van der Waals surface area contributed by atoms with E-state index in [4.69, 9.17) is 0 Å². The summed E-state index contributed by atoms with van der Waals surface area (Å²) in [6.45, 7) is -0.191.